The molecule has 1 aliphatic carbocycles. The van der Waals surface area contributed by atoms with Gasteiger partial charge in [-0.3, -0.25) is 4.79 Å². The van der Waals surface area contributed by atoms with Gasteiger partial charge in [-0.15, -0.1) is 0 Å². The Labute approximate surface area is 103 Å². The van der Waals surface area contributed by atoms with Gasteiger partial charge in [0.25, 0.3) is 0 Å². The second-order valence-electron chi connectivity index (χ2n) is 4.71. The smallest absolute Gasteiger partial charge is 0.328 e. The molecule has 0 saturated heterocycles. The van der Waals surface area contributed by atoms with Crippen LogP contribution < -0.4 is 5.32 Å². The molecule has 1 fully saturated rings. The highest BCUT2D eigenvalue weighted by Gasteiger charge is 2.32. The van der Waals surface area contributed by atoms with Gasteiger partial charge in [0.05, 0.1) is 7.11 Å². The topological polar surface area (TPSA) is 55.4 Å². The second-order valence-corrected chi connectivity index (χ2v) is 4.71. The third kappa shape index (κ3) is 5.20. The van der Waals surface area contributed by atoms with Crippen molar-refractivity contribution in [1.29, 1.82) is 0 Å². The number of carbonyl (C=O) groups excluding carboxylic acids is 2. The number of methoxy groups -OCH3 is 1. The third-order valence-corrected chi connectivity index (χ3v) is 3.10. The minimum atomic E-state index is -0.454. The van der Waals surface area contributed by atoms with Gasteiger partial charge in [0.2, 0.25) is 5.91 Å². The normalized spacial score (nSPS) is 16.4. The van der Waals surface area contributed by atoms with E-state index >= 15 is 0 Å². The van der Waals surface area contributed by atoms with Gasteiger partial charge in [-0.1, -0.05) is 32.6 Å². The van der Waals surface area contributed by atoms with Crippen LogP contribution >= 0.6 is 0 Å². The maximum Gasteiger partial charge on any atom is 0.328 e. The SMILES string of the molecule is CCCCCC[C@H](NC(=O)C1CC1)C(=O)OC. The summed E-state index contributed by atoms with van der Waals surface area (Å²) < 4.78 is 4.72. The minimum Gasteiger partial charge on any atom is -0.467 e. The lowest BCUT2D eigenvalue weighted by Crippen LogP contribution is -2.42. The Kier molecular flexibility index (Phi) is 6.01. The minimum absolute atomic E-state index is 0.0101. The number of amides is 1. The van der Waals surface area contributed by atoms with Crippen LogP contribution in [0.1, 0.15) is 51.9 Å². The zero-order chi connectivity index (χ0) is 12.7. The van der Waals surface area contributed by atoms with E-state index in [9.17, 15) is 9.59 Å². The lowest BCUT2D eigenvalue weighted by Gasteiger charge is -2.16. The van der Waals surface area contributed by atoms with E-state index in [1.54, 1.807) is 0 Å². The molecule has 0 unspecified atom stereocenters. The molecule has 0 bridgehead atoms. The van der Waals surface area contributed by atoms with Gasteiger partial charge in [-0.2, -0.15) is 0 Å². The van der Waals surface area contributed by atoms with Crippen molar-refractivity contribution in [1.82, 2.24) is 5.32 Å². The fraction of sp³-hybridized carbons (Fsp3) is 0.846. The van der Waals surface area contributed by atoms with E-state index in [0.29, 0.717) is 6.42 Å². The maximum absolute atomic E-state index is 11.6. The van der Waals surface area contributed by atoms with Crippen LogP contribution in [-0.2, 0) is 14.3 Å². The fourth-order valence-corrected chi connectivity index (χ4v) is 1.80. The van der Waals surface area contributed by atoms with E-state index in [-0.39, 0.29) is 17.8 Å². The number of nitrogens with one attached hydrogen (secondary N) is 1. The van der Waals surface area contributed by atoms with Gasteiger partial charge < -0.3 is 10.1 Å². The summed E-state index contributed by atoms with van der Waals surface area (Å²) >= 11 is 0. The molecule has 0 spiro atoms. The number of hydrogen-bond acceptors (Lipinski definition) is 3. The van der Waals surface area contributed by atoms with Crippen LogP contribution in [0.3, 0.4) is 0 Å². The molecule has 1 saturated carbocycles. The second kappa shape index (κ2) is 7.30. The van der Waals surface area contributed by atoms with E-state index in [4.69, 9.17) is 4.74 Å². The first kappa shape index (κ1) is 14.0. The van der Waals surface area contributed by atoms with Crippen molar-refractivity contribution < 1.29 is 14.3 Å². The Morgan fingerprint density at radius 2 is 2.00 bits per heavy atom. The molecular weight excluding hydrogens is 218 g/mol. The van der Waals surface area contributed by atoms with Crippen molar-refractivity contribution in [2.24, 2.45) is 5.92 Å². The van der Waals surface area contributed by atoms with E-state index in [2.05, 4.69) is 12.2 Å². The van der Waals surface area contributed by atoms with Crippen molar-refractivity contribution in [3.05, 3.63) is 0 Å². The Balaban J connectivity index is 2.31. The predicted octanol–water partition coefficient (Wildman–Crippen LogP) is 2.02. The predicted molar refractivity (Wildman–Crippen MR) is 65.4 cm³/mol. The molecule has 4 nitrogen and oxygen atoms in total. The van der Waals surface area contributed by atoms with Gasteiger partial charge in [-0.05, 0) is 19.3 Å². The molecule has 0 aromatic rings. The molecule has 1 amide bonds. The van der Waals surface area contributed by atoms with Gasteiger partial charge in [0.15, 0.2) is 0 Å². The molecule has 17 heavy (non-hydrogen) atoms. The first-order valence-corrected chi connectivity index (χ1v) is 6.57. The van der Waals surface area contributed by atoms with Gasteiger partial charge in [0.1, 0.15) is 6.04 Å². The van der Waals surface area contributed by atoms with Crippen LogP contribution in [0.15, 0.2) is 0 Å². The number of unbranched alkanes of at least 4 members (excludes halogenated alkanes) is 3. The average molecular weight is 241 g/mol. The quantitative estimate of drug-likeness (QED) is 0.522. The van der Waals surface area contributed by atoms with E-state index in [1.165, 1.54) is 13.5 Å². The van der Waals surface area contributed by atoms with Gasteiger partial charge in [-0.25, -0.2) is 4.79 Å². The van der Waals surface area contributed by atoms with Crippen molar-refractivity contribution in [3.8, 4) is 0 Å². The molecule has 0 aromatic carbocycles. The molecule has 1 rings (SSSR count). The summed E-state index contributed by atoms with van der Waals surface area (Å²) in [4.78, 5) is 23.1. The van der Waals surface area contributed by atoms with Crippen LogP contribution in [-0.4, -0.2) is 25.0 Å². The summed E-state index contributed by atoms with van der Waals surface area (Å²) in [6.45, 7) is 2.15. The summed E-state index contributed by atoms with van der Waals surface area (Å²) in [5.74, 6) is -0.177. The molecule has 0 heterocycles. The van der Waals surface area contributed by atoms with E-state index in [0.717, 1.165) is 32.1 Å². The Hall–Kier alpha value is -1.06. The summed E-state index contributed by atoms with van der Waals surface area (Å²) in [5, 5.41) is 2.79. The Morgan fingerprint density at radius 1 is 1.29 bits per heavy atom. The highest BCUT2D eigenvalue weighted by atomic mass is 16.5. The molecule has 1 atom stereocenters. The number of carbonyl (C=O) groups is 2. The zero-order valence-electron chi connectivity index (χ0n) is 10.8. The largest absolute Gasteiger partial charge is 0.467 e. The molecule has 98 valence electrons. The number of esters is 1. The Morgan fingerprint density at radius 3 is 2.53 bits per heavy atom. The van der Waals surface area contributed by atoms with Crippen molar-refractivity contribution in [2.75, 3.05) is 7.11 Å². The van der Waals surface area contributed by atoms with Crippen LogP contribution in [0.2, 0.25) is 0 Å². The first-order chi connectivity index (χ1) is 8.19. The third-order valence-electron chi connectivity index (χ3n) is 3.10. The number of hydrogen-bond donors (Lipinski definition) is 1. The molecule has 0 radical (unpaired) electrons. The van der Waals surface area contributed by atoms with Crippen LogP contribution in [0.5, 0.6) is 0 Å². The van der Waals surface area contributed by atoms with Crippen molar-refractivity contribution in [2.45, 2.75) is 57.9 Å². The van der Waals surface area contributed by atoms with Gasteiger partial charge in [0, 0.05) is 5.92 Å². The van der Waals surface area contributed by atoms with Crippen LogP contribution in [0.25, 0.3) is 0 Å². The molecular formula is C13H23NO3. The summed E-state index contributed by atoms with van der Waals surface area (Å²) in [6.07, 6.45) is 6.99. The van der Waals surface area contributed by atoms with Gasteiger partial charge >= 0.3 is 5.97 Å². The van der Waals surface area contributed by atoms with Crippen LogP contribution in [0.4, 0.5) is 0 Å². The molecule has 1 aliphatic rings. The lowest BCUT2D eigenvalue weighted by molar-refractivity contribution is -0.145. The average Bonchev–Trinajstić information content (AvgIpc) is 3.16. The van der Waals surface area contributed by atoms with E-state index < -0.39 is 6.04 Å². The monoisotopic (exact) mass is 241 g/mol. The number of ether oxygens (including phenoxy) is 1. The molecule has 0 aliphatic heterocycles. The highest BCUT2D eigenvalue weighted by molar-refractivity contribution is 5.86. The van der Waals surface area contributed by atoms with Crippen molar-refractivity contribution >= 4 is 11.9 Å². The lowest BCUT2D eigenvalue weighted by atomic mass is 10.1. The number of rotatable bonds is 8. The summed E-state index contributed by atoms with van der Waals surface area (Å²) in [7, 11) is 1.37. The zero-order valence-corrected chi connectivity index (χ0v) is 10.8. The maximum atomic E-state index is 11.6. The standard InChI is InChI=1S/C13H23NO3/c1-3-4-5-6-7-11(13(16)17-2)14-12(15)10-8-9-10/h10-11H,3-9H2,1-2H3,(H,14,15)/t11-/m0/s1. The van der Waals surface area contributed by atoms with Crippen LogP contribution in [0, 0.1) is 5.92 Å². The van der Waals surface area contributed by atoms with E-state index in [1.807, 2.05) is 0 Å². The molecule has 1 N–H and O–H groups in total. The molecule has 0 aromatic heterocycles. The highest BCUT2D eigenvalue weighted by Crippen LogP contribution is 2.29. The first-order valence-electron chi connectivity index (χ1n) is 6.57. The molecule has 4 heteroatoms. The fourth-order valence-electron chi connectivity index (χ4n) is 1.80. The summed E-state index contributed by atoms with van der Waals surface area (Å²) in [5.41, 5.74) is 0. The summed E-state index contributed by atoms with van der Waals surface area (Å²) in [6, 6.07) is -0.454. The Bertz CT molecular complexity index is 261. The van der Waals surface area contributed by atoms with Crippen molar-refractivity contribution in [3.63, 3.8) is 0 Å².